The topological polar surface area (TPSA) is 32.5 Å². The fourth-order valence-electron chi connectivity index (χ4n) is 3.22. The Hall–Kier alpha value is -1.22. The Bertz CT molecular complexity index is 434. The number of benzene rings is 1. The van der Waals surface area contributed by atoms with Gasteiger partial charge >= 0.3 is 0 Å². The zero-order chi connectivity index (χ0) is 12.5. The van der Waals surface area contributed by atoms with Crippen LogP contribution in [0.4, 0.5) is 11.4 Å². The number of likely N-dealkylation sites (N-methyl/N-ethyl adjacent to an activating group) is 1. The van der Waals surface area contributed by atoms with Crippen LogP contribution in [0, 0.1) is 0 Å². The minimum absolute atomic E-state index is 1.00. The fourth-order valence-corrected chi connectivity index (χ4v) is 3.22. The first-order valence-corrected chi connectivity index (χ1v) is 7.09. The van der Waals surface area contributed by atoms with Gasteiger partial charge in [0.1, 0.15) is 0 Å². The van der Waals surface area contributed by atoms with Crippen molar-refractivity contribution in [1.29, 1.82) is 0 Å². The summed E-state index contributed by atoms with van der Waals surface area (Å²) in [6.07, 6.45) is 4.99. The van der Waals surface area contributed by atoms with E-state index >= 15 is 0 Å². The SMILES string of the molecule is CN1CCN(c2ccc(N)c3c2CCCC3)CC1. The highest BCUT2D eigenvalue weighted by Crippen LogP contribution is 2.34. The number of anilines is 2. The Kier molecular flexibility index (Phi) is 3.16. The lowest BCUT2D eigenvalue weighted by atomic mass is 9.88. The van der Waals surface area contributed by atoms with Gasteiger partial charge in [-0.05, 0) is 56.0 Å². The predicted octanol–water partition coefficient (Wildman–Crippen LogP) is 1.90. The Morgan fingerprint density at radius 1 is 0.944 bits per heavy atom. The highest BCUT2D eigenvalue weighted by atomic mass is 15.2. The average Bonchev–Trinajstić information content (AvgIpc) is 2.41. The van der Waals surface area contributed by atoms with Gasteiger partial charge in [0.05, 0.1) is 0 Å². The highest BCUT2D eigenvalue weighted by Gasteiger charge is 2.21. The van der Waals surface area contributed by atoms with Crippen molar-refractivity contribution in [1.82, 2.24) is 4.90 Å². The van der Waals surface area contributed by atoms with Gasteiger partial charge in [0.25, 0.3) is 0 Å². The molecule has 0 bridgehead atoms. The number of hydrogen-bond donors (Lipinski definition) is 1. The molecule has 1 aromatic carbocycles. The lowest BCUT2D eigenvalue weighted by Crippen LogP contribution is -2.45. The van der Waals surface area contributed by atoms with E-state index < -0.39 is 0 Å². The predicted molar refractivity (Wildman–Crippen MR) is 77.2 cm³/mol. The second-order valence-corrected chi connectivity index (χ2v) is 5.63. The Balaban J connectivity index is 1.92. The Morgan fingerprint density at radius 2 is 1.61 bits per heavy atom. The van der Waals surface area contributed by atoms with E-state index in [2.05, 4.69) is 29.0 Å². The maximum absolute atomic E-state index is 6.14. The van der Waals surface area contributed by atoms with E-state index in [9.17, 15) is 0 Å². The van der Waals surface area contributed by atoms with Crippen molar-refractivity contribution in [3.05, 3.63) is 23.3 Å². The molecule has 3 nitrogen and oxygen atoms in total. The van der Waals surface area contributed by atoms with Gasteiger partial charge in [0, 0.05) is 37.6 Å². The van der Waals surface area contributed by atoms with Crippen molar-refractivity contribution < 1.29 is 0 Å². The van der Waals surface area contributed by atoms with E-state index in [1.807, 2.05) is 0 Å². The smallest absolute Gasteiger partial charge is 0.0403 e. The maximum Gasteiger partial charge on any atom is 0.0403 e. The van der Waals surface area contributed by atoms with Crippen LogP contribution >= 0.6 is 0 Å². The number of nitrogens with two attached hydrogens (primary N) is 1. The monoisotopic (exact) mass is 245 g/mol. The van der Waals surface area contributed by atoms with E-state index in [0.29, 0.717) is 0 Å². The third-order valence-electron chi connectivity index (χ3n) is 4.39. The first-order valence-electron chi connectivity index (χ1n) is 7.09. The summed E-state index contributed by atoms with van der Waals surface area (Å²) in [6, 6.07) is 4.35. The largest absolute Gasteiger partial charge is 0.398 e. The van der Waals surface area contributed by atoms with Gasteiger partial charge < -0.3 is 15.5 Å². The van der Waals surface area contributed by atoms with Crippen LogP contribution in [0.2, 0.25) is 0 Å². The summed E-state index contributed by atoms with van der Waals surface area (Å²) in [5.41, 5.74) is 11.5. The molecule has 2 aliphatic rings. The van der Waals surface area contributed by atoms with Crippen LogP contribution in [0.1, 0.15) is 24.0 Å². The summed E-state index contributed by atoms with van der Waals surface area (Å²) in [7, 11) is 2.20. The van der Waals surface area contributed by atoms with Gasteiger partial charge in [-0.15, -0.1) is 0 Å². The van der Waals surface area contributed by atoms with Crippen molar-refractivity contribution >= 4 is 11.4 Å². The van der Waals surface area contributed by atoms with Gasteiger partial charge in [-0.2, -0.15) is 0 Å². The molecule has 0 spiro atoms. The number of hydrogen-bond acceptors (Lipinski definition) is 3. The van der Waals surface area contributed by atoms with Crippen LogP contribution < -0.4 is 10.6 Å². The van der Waals surface area contributed by atoms with Gasteiger partial charge in [-0.3, -0.25) is 0 Å². The molecule has 1 saturated heterocycles. The Labute approximate surface area is 110 Å². The third-order valence-corrected chi connectivity index (χ3v) is 4.39. The molecule has 18 heavy (non-hydrogen) atoms. The van der Waals surface area contributed by atoms with E-state index in [1.165, 1.54) is 55.6 Å². The molecule has 0 amide bonds. The van der Waals surface area contributed by atoms with Gasteiger partial charge in [0.2, 0.25) is 0 Å². The van der Waals surface area contributed by atoms with Crippen molar-refractivity contribution in [3.8, 4) is 0 Å². The lowest BCUT2D eigenvalue weighted by molar-refractivity contribution is 0.312. The molecule has 2 N–H and O–H groups in total. The van der Waals surface area contributed by atoms with E-state index in [4.69, 9.17) is 5.73 Å². The van der Waals surface area contributed by atoms with Crippen molar-refractivity contribution in [2.24, 2.45) is 0 Å². The highest BCUT2D eigenvalue weighted by molar-refractivity contribution is 5.66. The minimum atomic E-state index is 1.00. The molecule has 1 aliphatic carbocycles. The molecule has 3 heteroatoms. The summed E-state index contributed by atoms with van der Waals surface area (Å²) in [5.74, 6) is 0. The number of nitrogens with zero attached hydrogens (tertiary/aromatic N) is 2. The summed E-state index contributed by atoms with van der Waals surface area (Å²) in [5, 5.41) is 0. The maximum atomic E-state index is 6.14. The van der Waals surface area contributed by atoms with Crippen LogP contribution in [-0.2, 0) is 12.8 Å². The molecular weight excluding hydrogens is 222 g/mol. The molecule has 0 atom stereocenters. The molecule has 1 fully saturated rings. The molecule has 0 saturated carbocycles. The number of nitrogen functional groups attached to an aromatic ring is 1. The van der Waals surface area contributed by atoms with Gasteiger partial charge in [-0.25, -0.2) is 0 Å². The van der Waals surface area contributed by atoms with Gasteiger partial charge in [-0.1, -0.05) is 0 Å². The van der Waals surface area contributed by atoms with Crippen molar-refractivity contribution in [3.63, 3.8) is 0 Å². The molecular formula is C15H23N3. The third kappa shape index (κ3) is 2.07. The summed E-state index contributed by atoms with van der Waals surface area (Å²) in [6.45, 7) is 4.62. The van der Waals surface area contributed by atoms with Crippen molar-refractivity contribution in [2.75, 3.05) is 43.9 Å². The molecule has 1 heterocycles. The zero-order valence-electron chi connectivity index (χ0n) is 11.3. The summed E-state index contributed by atoms with van der Waals surface area (Å²) < 4.78 is 0. The summed E-state index contributed by atoms with van der Waals surface area (Å²) in [4.78, 5) is 4.95. The number of rotatable bonds is 1. The minimum Gasteiger partial charge on any atom is -0.398 e. The molecule has 3 rings (SSSR count). The van der Waals surface area contributed by atoms with E-state index in [1.54, 1.807) is 0 Å². The van der Waals surface area contributed by atoms with Crippen LogP contribution in [0.25, 0.3) is 0 Å². The second-order valence-electron chi connectivity index (χ2n) is 5.63. The lowest BCUT2D eigenvalue weighted by Gasteiger charge is -2.36. The molecule has 98 valence electrons. The zero-order valence-corrected chi connectivity index (χ0v) is 11.3. The van der Waals surface area contributed by atoms with Crippen LogP contribution in [-0.4, -0.2) is 38.1 Å². The Morgan fingerprint density at radius 3 is 2.33 bits per heavy atom. The standard InChI is InChI=1S/C15H23N3/c1-17-8-10-18(11-9-17)15-7-6-14(16)12-4-2-3-5-13(12)15/h6-7H,2-5,8-11,16H2,1H3. The fraction of sp³-hybridized carbons (Fsp3) is 0.600. The molecule has 1 aliphatic heterocycles. The average molecular weight is 245 g/mol. The van der Waals surface area contributed by atoms with Crippen LogP contribution in [0.3, 0.4) is 0 Å². The van der Waals surface area contributed by atoms with Crippen LogP contribution in [0.5, 0.6) is 0 Å². The van der Waals surface area contributed by atoms with E-state index in [-0.39, 0.29) is 0 Å². The number of fused-ring (bicyclic) bond motifs is 1. The number of piperazine rings is 1. The molecule has 0 radical (unpaired) electrons. The molecule has 0 aromatic heterocycles. The molecule has 1 aromatic rings. The van der Waals surface area contributed by atoms with Crippen LogP contribution in [0.15, 0.2) is 12.1 Å². The first-order chi connectivity index (χ1) is 8.75. The van der Waals surface area contributed by atoms with E-state index in [0.717, 1.165) is 18.8 Å². The first kappa shape index (κ1) is 11.8. The van der Waals surface area contributed by atoms with Gasteiger partial charge in [0.15, 0.2) is 0 Å². The quantitative estimate of drug-likeness (QED) is 0.767. The van der Waals surface area contributed by atoms with Crippen molar-refractivity contribution in [2.45, 2.75) is 25.7 Å². The normalized spacial score (nSPS) is 20.8. The molecule has 0 unspecified atom stereocenters. The second kappa shape index (κ2) is 4.81. The summed E-state index contributed by atoms with van der Waals surface area (Å²) >= 11 is 0.